The molecule has 0 bridgehead atoms. The van der Waals surface area contributed by atoms with Gasteiger partial charge in [0.2, 0.25) is 17.7 Å². The van der Waals surface area contributed by atoms with Crippen LogP contribution in [0, 0.1) is 5.92 Å². The standard InChI is InChI=1S/C22H29N5O4/c1-13(2)20-27-26-18(31-20)9-8-17(28)23-12-14-5-3-6-15(11-14)19-16-7-4-10-30-21(16)25-22(29)24-19/h3,5-6,11,13,16,19,21H,4,7-10,12H2,1-2H3,(H,23,28)(H2,24,25,29)/t16-,19-,21-/m0/s1. The lowest BCUT2D eigenvalue weighted by Crippen LogP contribution is -2.58. The molecule has 166 valence electrons. The van der Waals surface area contributed by atoms with Gasteiger partial charge < -0.3 is 25.1 Å². The third-order valence-electron chi connectivity index (χ3n) is 5.70. The van der Waals surface area contributed by atoms with Crippen molar-refractivity contribution in [2.75, 3.05) is 6.61 Å². The van der Waals surface area contributed by atoms with E-state index < -0.39 is 0 Å². The van der Waals surface area contributed by atoms with Gasteiger partial charge in [-0.3, -0.25) is 4.79 Å². The Morgan fingerprint density at radius 2 is 2.16 bits per heavy atom. The van der Waals surface area contributed by atoms with Gasteiger partial charge in [-0.25, -0.2) is 4.79 Å². The fourth-order valence-electron chi connectivity index (χ4n) is 4.05. The predicted molar refractivity (Wildman–Crippen MR) is 112 cm³/mol. The quantitative estimate of drug-likeness (QED) is 0.625. The van der Waals surface area contributed by atoms with Crippen molar-refractivity contribution >= 4 is 11.9 Å². The summed E-state index contributed by atoms with van der Waals surface area (Å²) in [5, 5.41) is 16.8. The molecule has 1 aromatic carbocycles. The lowest BCUT2D eigenvalue weighted by atomic mass is 9.85. The lowest BCUT2D eigenvalue weighted by Gasteiger charge is -2.42. The number of fused-ring (bicyclic) bond motifs is 1. The van der Waals surface area contributed by atoms with E-state index in [0.717, 1.165) is 24.0 Å². The maximum atomic E-state index is 12.3. The maximum Gasteiger partial charge on any atom is 0.317 e. The fourth-order valence-corrected chi connectivity index (χ4v) is 4.05. The molecule has 2 aliphatic rings. The molecule has 4 rings (SSSR count). The molecule has 9 heteroatoms. The van der Waals surface area contributed by atoms with E-state index in [2.05, 4.69) is 26.1 Å². The molecule has 2 fully saturated rings. The van der Waals surface area contributed by atoms with Crippen LogP contribution >= 0.6 is 0 Å². The van der Waals surface area contributed by atoms with Gasteiger partial charge >= 0.3 is 6.03 Å². The molecule has 3 atom stereocenters. The Morgan fingerprint density at radius 1 is 1.29 bits per heavy atom. The molecule has 0 spiro atoms. The molecule has 31 heavy (non-hydrogen) atoms. The van der Waals surface area contributed by atoms with Crippen molar-refractivity contribution in [3.63, 3.8) is 0 Å². The Hall–Kier alpha value is -2.94. The molecule has 3 amide bonds. The van der Waals surface area contributed by atoms with Crippen LogP contribution in [-0.2, 0) is 22.5 Å². The van der Waals surface area contributed by atoms with Crippen LogP contribution in [0.3, 0.4) is 0 Å². The first kappa shape index (κ1) is 21.3. The highest BCUT2D eigenvalue weighted by atomic mass is 16.5. The molecule has 3 N–H and O–H groups in total. The predicted octanol–water partition coefficient (Wildman–Crippen LogP) is 2.55. The van der Waals surface area contributed by atoms with E-state index >= 15 is 0 Å². The normalized spacial score (nSPS) is 23.1. The first-order valence-corrected chi connectivity index (χ1v) is 10.9. The number of rotatable bonds is 7. The van der Waals surface area contributed by atoms with Crippen LogP contribution in [0.5, 0.6) is 0 Å². The van der Waals surface area contributed by atoms with Crippen LogP contribution in [-0.4, -0.2) is 35.0 Å². The summed E-state index contributed by atoms with van der Waals surface area (Å²) in [6.07, 6.45) is 2.40. The summed E-state index contributed by atoms with van der Waals surface area (Å²) < 4.78 is 11.3. The number of carbonyl (C=O) groups is 2. The summed E-state index contributed by atoms with van der Waals surface area (Å²) in [6.45, 7) is 5.05. The highest BCUT2D eigenvalue weighted by molar-refractivity contribution is 5.76. The van der Waals surface area contributed by atoms with E-state index in [-0.39, 0.29) is 42.5 Å². The molecule has 2 aliphatic heterocycles. The summed E-state index contributed by atoms with van der Waals surface area (Å²) in [5.74, 6) is 1.34. The van der Waals surface area contributed by atoms with Gasteiger partial charge in [-0.15, -0.1) is 10.2 Å². The number of hydrogen-bond acceptors (Lipinski definition) is 6. The highest BCUT2D eigenvalue weighted by Crippen LogP contribution is 2.34. The number of urea groups is 1. The second-order valence-corrected chi connectivity index (χ2v) is 8.40. The van der Waals surface area contributed by atoms with Gasteiger partial charge in [0, 0.05) is 37.8 Å². The smallest absolute Gasteiger partial charge is 0.317 e. The zero-order valence-electron chi connectivity index (χ0n) is 17.9. The van der Waals surface area contributed by atoms with Crippen LogP contribution in [0.15, 0.2) is 28.7 Å². The maximum absolute atomic E-state index is 12.3. The summed E-state index contributed by atoms with van der Waals surface area (Å²) in [7, 11) is 0. The molecule has 3 heterocycles. The SMILES string of the molecule is CC(C)c1nnc(CCC(=O)NCc2cccc([C@@H]3NC(=O)N[C@H]4OCCC[C@H]43)c2)o1. The van der Waals surface area contributed by atoms with Gasteiger partial charge in [0.1, 0.15) is 6.23 Å². The van der Waals surface area contributed by atoms with Crippen molar-refractivity contribution in [3.8, 4) is 0 Å². The zero-order chi connectivity index (χ0) is 21.8. The molecule has 0 unspecified atom stereocenters. The average Bonchev–Trinajstić information content (AvgIpc) is 3.25. The molecule has 0 radical (unpaired) electrons. The average molecular weight is 428 g/mol. The number of amides is 3. The van der Waals surface area contributed by atoms with Gasteiger partial charge in [0.25, 0.3) is 0 Å². The van der Waals surface area contributed by atoms with Crippen molar-refractivity contribution in [1.82, 2.24) is 26.1 Å². The molecule has 9 nitrogen and oxygen atoms in total. The first-order valence-electron chi connectivity index (χ1n) is 10.9. The summed E-state index contributed by atoms with van der Waals surface area (Å²) in [5.41, 5.74) is 2.00. The highest BCUT2D eigenvalue weighted by Gasteiger charge is 2.39. The third-order valence-corrected chi connectivity index (χ3v) is 5.70. The molecular formula is C22H29N5O4. The number of nitrogens with one attached hydrogen (secondary N) is 3. The van der Waals surface area contributed by atoms with Crippen LogP contribution in [0.2, 0.25) is 0 Å². The fraction of sp³-hybridized carbons (Fsp3) is 0.545. The number of aryl methyl sites for hydroxylation is 1. The van der Waals surface area contributed by atoms with Gasteiger partial charge in [-0.2, -0.15) is 0 Å². The van der Waals surface area contributed by atoms with Crippen molar-refractivity contribution < 1.29 is 18.7 Å². The van der Waals surface area contributed by atoms with Gasteiger partial charge in [0.05, 0.1) is 6.04 Å². The molecule has 2 saturated heterocycles. The third kappa shape index (κ3) is 5.22. The minimum atomic E-state index is -0.253. The second kappa shape index (κ2) is 9.47. The monoisotopic (exact) mass is 427 g/mol. The molecule has 0 saturated carbocycles. The molecule has 1 aromatic heterocycles. The zero-order valence-corrected chi connectivity index (χ0v) is 17.9. The Bertz CT molecular complexity index is 928. The van der Waals surface area contributed by atoms with Gasteiger partial charge in [-0.1, -0.05) is 38.1 Å². The number of nitrogens with zero attached hydrogens (tertiary/aromatic N) is 2. The Kier molecular flexibility index (Phi) is 6.50. The van der Waals surface area contributed by atoms with Crippen LogP contribution < -0.4 is 16.0 Å². The number of carbonyl (C=O) groups excluding carboxylic acids is 2. The number of hydrogen-bond donors (Lipinski definition) is 3. The van der Waals surface area contributed by atoms with E-state index in [1.807, 2.05) is 38.1 Å². The first-order chi connectivity index (χ1) is 15.0. The van der Waals surface area contributed by atoms with E-state index in [1.54, 1.807) is 0 Å². The van der Waals surface area contributed by atoms with Gasteiger partial charge in [0.15, 0.2) is 0 Å². The van der Waals surface area contributed by atoms with Crippen molar-refractivity contribution in [2.24, 2.45) is 5.92 Å². The Labute approximate surface area is 181 Å². The lowest BCUT2D eigenvalue weighted by molar-refractivity contribution is -0.121. The molecule has 0 aliphatic carbocycles. The topological polar surface area (TPSA) is 118 Å². The Morgan fingerprint density at radius 3 is 2.97 bits per heavy atom. The summed E-state index contributed by atoms with van der Waals surface area (Å²) in [6, 6.07) is 7.64. The van der Waals surface area contributed by atoms with E-state index in [0.29, 0.717) is 31.4 Å². The number of benzene rings is 1. The van der Waals surface area contributed by atoms with E-state index in [1.165, 1.54) is 0 Å². The minimum absolute atomic E-state index is 0.0781. The van der Waals surface area contributed by atoms with E-state index in [4.69, 9.17) is 9.15 Å². The minimum Gasteiger partial charge on any atom is -0.425 e. The van der Waals surface area contributed by atoms with Crippen LogP contribution in [0.25, 0.3) is 0 Å². The summed E-state index contributed by atoms with van der Waals surface area (Å²) >= 11 is 0. The van der Waals surface area contributed by atoms with E-state index in [9.17, 15) is 9.59 Å². The number of ether oxygens (including phenoxy) is 1. The molecule has 2 aromatic rings. The molecular weight excluding hydrogens is 398 g/mol. The van der Waals surface area contributed by atoms with Gasteiger partial charge in [-0.05, 0) is 24.0 Å². The van der Waals surface area contributed by atoms with Crippen molar-refractivity contribution in [3.05, 3.63) is 47.2 Å². The number of aromatic nitrogens is 2. The second-order valence-electron chi connectivity index (χ2n) is 8.40. The van der Waals surface area contributed by atoms with Crippen molar-refractivity contribution in [2.45, 2.75) is 64.3 Å². The van der Waals surface area contributed by atoms with Crippen molar-refractivity contribution in [1.29, 1.82) is 0 Å². The van der Waals surface area contributed by atoms with Crippen LogP contribution in [0.1, 0.15) is 68.0 Å². The Balaban J connectivity index is 1.32. The summed E-state index contributed by atoms with van der Waals surface area (Å²) in [4.78, 5) is 24.3. The van der Waals surface area contributed by atoms with Crippen LogP contribution in [0.4, 0.5) is 4.79 Å². The largest absolute Gasteiger partial charge is 0.425 e.